The summed E-state index contributed by atoms with van der Waals surface area (Å²) in [4.78, 5) is 24.9. The molecule has 0 saturated carbocycles. The van der Waals surface area contributed by atoms with Gasteiger partial charge in [0.25, 0.3) is 5.91 Å². The normalized spacial score (nSPS) is 10.8. The molecule has 0 atom stereocenters. The molecule has 0 unspecified atom stereocenters. The van der Waals surface area contributed by atoms with Gasteiger partial charge in [0.1, 0.15) is 5.75 Å². The maximum absolute atomic E-state index is 12.6. The van der Waals surface area contributed by atoms with E-state index in [1.807, 2.05) is 0 Å². The number of halogens is 3. The molecule has 0 bridgehead atoms. The van der Waals surface area contributed by atoms with Crippen LogP contribution in [0.25, 0.3) is 5.69 Å². The van der Waals surface area contributed by atoms with Crippen LogP contribution in [0.4, 0.5) is 14.5 Å². The average Bonchev–Trinajstić information content (AvgIpc) is 2.64. The quantitative estimate of drug-likeness (QED) is 0.695. The van der Waals surface area contributed by atoms with E-state index in [1.54, 1.807) is 31.2 Å². The fourth-order valence-electron chi connectivity index (χ4n) is 2.52. The fraction of sp³-hybridized carbons (Fsp3) is 0.105. The number of ether oxygens (including phenoxy) is 1. The monoisotopic (exact) mass is 405 g/mol. The lowest BCUT2D eigenvalue weighted by Crippen LogP contribution is -2.27. The lowest BCUT2D eigenvalue weighted by Gasteiger charge is -2.14. The minimum absolute atomic E-state index is 0.0149. The van der Waals surface area contributed by atoms with Crippen molar-refractivity contribution in [3.05, 3.63) is 81.2 Å². The van der Waals surface area contributed by atoms with Gasteiger partial charge in [-0.1, -0.05) is 35.9 Å². The van der Waals surface area contributed by atoms with Gasteiger partial charge in [-0.15, -0.1) is 0 Å². The second-order valence-corrected chi connectivity index (χ2v) is 6.10. The number of benzene rings is 2. The molecule has 0 aliphatic heterocycles. The summed E-state index contributed by atoms with van der Waals surface area (Å²) in [6, 6.07) is 13.7. The number of hydrogen-bond donors (Lipinski definition) is 1. The number of amides is 1. The highest BCUT2D eigenvalue weighted by Gasteiger charge is 2.18. The number of para-hydroxylation sites is 3. The highest BCUT2D eigenvalue weighted by molar-refractivity contribution is 6.32. The van der Waals surface area contributed by atoms with E-state index in [-0.39, 0.29) is 11.4 Å². The third kappa shape index (κ3) is 4.17. The molecule has 0 saturated heterocycles. The van der Waals surface area contributed by atoms with Gasteiger partial charge in [-0.05, 0) is 31.2 Å². The van der Waals surface area contributed by atoms with Crippen LogP contribution >= 0.6 is 11.6 Å². The van der Waals surface area contributed by atoms with Gasteiger partial charge in [0.2, 0.25) is 5.43 Å². The molecule has 0 aliphatic rings. The molecule has 0 spiro atoms. The van der Waals surface area contributed by atoms with Crippen LogP contribution in [0.2, 0.25) is 5.02 Å². The summed E-state index contributed by atoms with van der Waals surface area (Å²) < 4.78 is 30.8. The molecular weight excluding hydrogens is 392 g/mol. The van der Waals surface area contributed by atoms with E-state index in [1.165, 1.54) is 35.0 Å². The molecule has 3 rings (SSSR count). The molecule has 3 aromatic rings. The number of aromatic nitrogens is 2. The Morgan fingerprint density at radius 3 is 2.57 bits per heavy atom. The Labute approximate surface area is 163 Å². The number of nitrogens with one attached hydrogen (secondary N) is 1. The minimum Gasteiger partial charge on any atom is -0.433 e. The number of rotatable bonds is 5. The van der Waals surface area contributed by atoms with Gasteiger partial charge in [0.05, 0.1) is 16.4 Å². The van der Waals surface area contributed by atoms with E-state index >= 15 is 0 Å². The summed E-state index contributed by atoms with van der Waals surface area (Å²) in [5.74, 6) is -1.10. The maximum atomic E-state index is 12.6. The number of hydrogen-bond acceptors (Lipinski definition) is 4. The van der Waals surface area contributed by atoms with E-state index < -0.39 is 23.6 Å². The van der Waals surface area contributed by atoms with Crippen molar-refractivity contribution in [2.45, 2.75) is 13.5 Å². The highest BCUT2D eigenvalue weighted by Crippen LogP contribution is 2.26. The molecule has 0 aliphatic carbocycles. The van der Waals surface area contributed by atoms with Gasteiger partial charge in [-0.25, -0.2) is 4.68 Å². The number of carbonyl (C=O) groups excluding carboxylic acids is 1. The summed E-state index contributed by atoms with van der Waals surface area (Å²) in [5.41, 5.74) is -0.102. The van der Waals surface area contributed by atoms with Gasteiger partial charge in [-0.3, -0.25) is 9.59 Å². The van der Waals surface area contributed by atoms with Crippen LogP contribution in [0, 0.1) is 6.92 Å². The van der Waals surface area contributed by atoms with Crippen molar-refractivity contribution in [2.24, 2.45) is 0 Å². The zero-order valence-corrected chi connectivity index (χ0v) is 15.3. The Balaban J connectivity index is 1.99. The van der Waals surface area contributed by atoms with Gasteiger partial charge in [0, 0.05) is 11.8 Å². The van der Waals surface area contributed by atoms with E-state index in [0.29, 0.717) is 16.4 Å². The topological polar surface area (TPSA) is 73.2 Å². The van der Waals surface area contributed by atoms with E-state index in [9.17, 15) is 18.4 Å². The maximum Gasteiger partial charge on any atom is 0.387 e. The zero-order valence-electron chi connectivity index (χ0n) is 14.5. The first kappa shape index (κ1) is 19.5. The van der Waals surface area contributed by atoms with Gasteiger partial charge >= 0.3 is 6.61 Å². The zero-order chi connectivity index (χ0) is 20.3. The molecule has 0 radical (unpaired) electrons. The van der Waals surface area contributed by atoms with Gasteiger partial charge < -0.3 is 10.1 Å². The molecular formula is C19H14ClF2N3O3. The van der Waals surface area contributed by atoms with Crippen molar-refractivity contribution in [1.29, 1.82) is 0 Å². The number of alkyl halides is 2. The average molecular weight is 406 g/mol. The van der Waals surface area contributed by atoms with E-state index in [2.05, 4.69) is 15.2 Å². The standard InChI is InChI=1S/C19H14ClF2N3O3/c1-11-10-15(26)17(24-25(11)14-8-4-2-6-12(14)20)18(27)23-13-7-3-5-9-16(13)28-19(21)22/h2-10,19H,1H3,(H,23,27). The first-order chi connectivity index (χ1) is 13.4. The van der Waals surface area contributed by atoms with E-state index in [0.717, 1.165) is 0 Å². The first-order valence-corrected chi connectivity index (χ1v) is 8.45. The van der Waals surface area contributed by atoms with Crippen molar-refractivity contribution in [3.8, 4) is 11.4 Å². The second-order valence-electron chi connectivity index (χ2n) is 5.69. The molecule has 1 heterocycles. The molecule has 9 heteroatoms. The van der Waals surface area contributed by atoms with Crippen LogP contribution in [0.15, 0.2) is 59.4 Å². The molecule has 1 amide bonds. The number of aryl methyl sites for hydroxylation is 1. The Kier molecular flexibility index (Phi) is 5.70. The second kappa shape index (κ2) is 8.18. The minimum atomic E-state index is -3.06. The summed E-state index contributed by atoms with van der Waals surface area (Å²) in [6.45, 7) is -1.42. The molecule has 0 fully saturated rings. The fourth-order valence-corrected chi connectivity index (χ4v) is 2.74. The number of carbonyl (C=O) groups is 1. The smallest absolute Gasteiger partial charge is 0.387 e. The van der Waals surface area contributed by atoms with Crippen LogP contribution in [0.1, 0.15) is 16.2 Å². The SMILES string of the molecule is Cc1cc(=O)c(C(=O)Nc2ccccc2OC(F)F)nn1-c1ccccc1Cl. The predicted molar refractivity (Wildman–Crippen MR) is 101 cm³/mol. The predicted octanol–water partition coefficient (Wildman–Crippen LogP) is 4.05. The Hall–Kier alpha value is -3.26. The van der Waals surface area contributed by atoms with Crippen LogP contribution in [-0.2, 0) is 0 Å². The Morgan fingerprint density at radius 2 is 1.86 bits per heavy atom. The third-order valence-electron chi connectivity index (χ3n) is 3.75. The van der Waals surface area contributed by atoms with Crippen LogP contribution in [0.5, 0.6) is 5.75 Å². The van der Waals surface area contributed by atoms with Crippen molar-refractivity contribution in [3.63, 3.8) is 0 Å². The molecule has 2 aromatic carbocycles. The summed E-state index contributed by atoms with van der Waals surface area (Å²) in [7, 11) is 0. The first-order valence-electron chi connectivity index (χ1n) is 8.08. The van der Waals surface area contributed by atoms with Crippen LogP contribution in [-0.4, -0.2) is 22.3 Å². The molecule has 1 N–H and O–H groups in total. The number of nitrogens with zero attached hydrogens (tertiary/aromatic N) is 2. The largest absolute Gasteiger partial charge is 0.433 e. The van der Waals surface area contributed by atoms with Crippen LogP contribution in [0.3, 0.4) is 0 Å². The Morgan fingerprint density at radius 1 is 1.18 bits per heavy atom. The summed E-state index contributed by atoms with van der Waals surface area (Å²) in [5, 5.41) is 6.87. The Bertz CT molecular complexity index is 1090. The van der Waals surface area contributed by atoms with Crippen molar-refractivity contribution in [1.82, 2.24) is 9.78 Å². The number of anilines is 1. The molecule has 6 nitrogen and oxygen atoms in total. The van der Waals surface area contributed by atoms with Crippen molar-refractivity contribution < 1.29 is 18.3 Å². The van der Waals surface area contributed by atoms with Gasteiger partial charge in [0.15, 0.2) is 5.69 Å². The van der Waals surface area contributed by atoms with Crippen LogP contribution < -0.4 is 15.5 Å². The lowest BCUT2D eigenvalue weighted by molar-refractivity contribution is -0.0493. The van der Waals surface area contributed by atoms with Gasteiger partial charge in [-0.2, -0.15) is 13.9 Å². The molecule has 1 aromatic heterocycles. The highest BCUT2D eigenvalue weighted by atomic mass is 35.5. The third-order valence-corrected chi connectivity index (χ3v) is 4.07. The lowest BCUT2D eigenvalue weighted by atomic mass is 10.2. The van der Waals surface area contributed by atoms with Crippen molar-refractivity contribution >= 4 is 23.2 Å². The molecule has 144 valence electrons. The van der Waals surface area contributed by atoms with E-state index in [4.69, 9.17) is 11.6 Å². The summed E-state index contributed by atoms with van der Waals surface area (Å²) >= 11 is 6.17. The van der Waals surface area contributed by atoms with Crippen molar-refractivity contribution in [2.75, 3.05) is 5.32 Å². The summed E-state index contributed by atoms with van der Waals surface area (Å²) in [6.07, 6.45) is 0. The molecule has 28 heavy (non-hydrogen) atoms.